The Kier molecular flexibility index (Phi) is 5.11. The van der Waals surface area contributed by atoms with Gasteiger partial charge in [-0.15, -0.1) is 0 Å². The number of nitro benzene ring substituents is 1. The Morgan fingerprint density at radius 3 is 2.63 bits per heavy atom. The van der Waals surface area contributed by atoms with Crippen LogP contribution < -0.4 is 10.3 Å². The molecule has 142 valence electrons. The van der Waals surface area contributed by atoms with Crippen LogP contribution >= 0.6 is 11.6 Å². The minimum Gasteiger partial charge on any atom is -0.369 e. The molecule has 0 spiro atoms. The van der Waals surface area contributed by atoms with E-state index in [1.54, 1.807) is 18.3 Å². The van der Waals surface area contributed by atoms with Gasteiger partial charge < -0.3 is 4.90 Å². The van der Waals surface area contributed by atoms with Gasteiger partial charge in [0.25, 0.3) is 5.69 Å². The Morgan fingerprint density at radius 2 is 2.00 bits per heavy atom. The molecular formula is C20H23ClN4O2. The summed E-state index contributed by atoms with van der Waals surface area (Å²) in [6.07, 6.45) is 2.74. The van der Waals surface area contributed by atoms with Crippen LogP contribution in [0, 0.1) is 10.1 Å². The second-order valence-corrected chi connectivity index (χ2v) is 7.99. The van der Waals surface area contributed by atoms with Gasteiger partial charge in [0.05, 0.1) is 21.8 Å². The van der Waals surface area contributed by atoms with Crippen molar-refractivity contribution in [1.29, 1.82) is 0 Å². The van der Waals surface area contributed by atoms with Crippen molar-refractivity contribution in [3.8, 4) is 0 Å². The summed E-state index contributed by atoms with van der Waals surface area (Å²) in [5.74, 6) is 0.429. The molecule has 0 amide bonds. The summed E-state index contributed by atoms with van der Waals surface area (Å²) in [7, 11) is 2.10. The number of anilines is 2. The van der Waals surface area contributed by atoms with Crippen LogP contribution in [0.25, 0.3) is 0 Å². The van der Waals surface area contributed by atoms with Crippen LogP contribution in [0.1, 0.15) is 44.2 Å². The molecule has 7 heteroatoms. The molecule has 3 rings (SSSR count). The molecule has 0 unspecified atom stereocenters. The Morgan fingerprint density at radius 1 is 1.33 bits per heavy atom. The minimum atomic E-state index is -0.431. The van der Waals surface area contributed by atoms with Crippen molar-refractivity contribution in [3.05, 3.63) is 62.7 Å². The van der Waals surface area contributed by atoms with E-state index in [9.17, 15) is 10.1 Å². The third-order valence-electron chi connectivity index (χ3n) is 5.23. The first-order valence-corrected chi connectivity index (χ1v) is 9.17. The lowest BCUT2D eigenvalue weighted by Crippen LogP contribution is -2.45. The molecule has 1 heterocycles. The van der Waals surface area contributed by atoms with E-state index < -0.39 is 4.92 Å². The second-order valence-electron chi connectivity index (χ2n) is 7.58. The van der Waals surface area contributed by atoms with Gasteiger partial charge in [-0.05, 0) is 56.0 Å². The predicted octanol–water partition coefficient (Wildman–Crippen LogP) is 5.42. The van der Waals surface area contributed by atoms with Gasteiger partial charge in [0.1, 0.15) is 0 Å². The lowest BCUT2D eigenvalue weighted by molar-refractivity contribution is -0.384. The average Bonchev–Trinajstić information content (AvgIpc) is 2.61. The summed E-state index contributed by atoms with van der Waals surface area (Å²) in [5, 5.41) is 15.6. The largest absolute Gasteiger partial charge is 0.369 e. The number of nitro groups is 1. The van der Waals surface area contributed by atoms with Crippen molar-refractivity contribution in [2.45, 2.75) is 38.6 Å². The number of halogens is 1. The van der Waals surface area contributed by atoms with Crippen LogP contribution in [0.3, 0.4) is 0 Å². The van der Waals surface area contributed by atoms with Gasteiger partial charge in [-0.3, -0.25) is 15.5 Å². The molecule has 0 radical (unpaired) electrons. The molecular weight excluding hydrogens is 364 g/mol. The zero-order valence-electron chi connectivity index (χ0n) is 15.9. The molecule has 1 N–H and O–H groups in total. The average molecular weight is 387 g/mol. The summed E-state index contributed by atoms with van der Waals surface area (Å²) in [6.45, 7) is 6.71. The topological polar surface area (TPSA) is 70.8 Å². The lowest BCUT2D eigenvalue weighted by atomic mass is 9.80. The first kappa shape index (κ1) is 19.2. The first-order chi connectivity index (χ1) is 12.7. The zero-order valence-corrected chi connectivity index (χ0v) is 16.6. The van der Waals surface area contributed by atoms with Crippen LogP contribution in [0.4, 0.5) is 17.1 Å². The quantitative estimate of drug-likeness (QED) is 0.433. The third kappa shape index (κ3) is 3.90. The van der Waals surface area contributed by atoms with Gasteiger partial charge in [-0.2, -0.15) is 5.10 Å². The Hall–Kier alpha value is -2.60. The highest BCUT2D eigenvalue weighted by atomic mass is 35.5. The molecule has 0 aliphatic carbocycles. The van der Waals surface area contributed by atoms with E-state index >= 15 is 0 Å². The zero-order chi connectivity index (χ0) is 19.8. The van der Waals surface area contributed by atoms with Crippen molar-refractivity contribution in [2.75, 3.05) is 17.4 Å². The molecule has 1 aliphatic rings. The summed E-state index contributed by atoms with van der Waals surface area (Å²) < 4.78 is 0. The normalized spacial score (nSPS) is 18.4. The van der Waals surface area contributed by atoms with Gasteiger partial charge in [0, 0.05) is 36.0 Å². The maximum Gasteiger partial charge on any atom is 0.269 e. The van der Waals surface area contributed by atoms with Gasteiger partial charge in [-0.1, -0.05) is 18.5 Å². The van der Waals surface area contributed by atoms with E-state index in [0.717, 1.165) is 17.7 Å². The molecule has 2 aromatic rings. The fourth-order valence-corrected chi connectivity index (χ4v) is 3.74. The molecule has 0 saturated carbocycles. The molecule has 1 atom stereocenters. The highest BCUT2D eigenvalue weighted by Gasteiger charge is 2.34. The number of nitrogens with one attached hydrogen (secondary N) is 1. The number of nitrogens with zero attached hydrogens (tertiary/aromatic N) is 3. The van der Waals surface area contributed by atoms with Crippen molar-refractivity contribution in [3.63, 3.8) is 0 Å². The molecule has 0 bridgehead atoms. The molecule has 1 aliphatic heterocycles. The number of hydrogen-bond acceptors (Lipinski definition) is 5. The standard InChI is InChI=1S/C20H23ClN4O2/c1-13-11-20(2,3)24(4)19-10-18(21)14(9-17(13)19)12-22-23-15-5-7-16(8-6-15)25(26)27/h5-10,12-13,23H,11H2,1-4H3/b22-12-/t13-/m0/s1. The van der Waals surface area contributed by atoms with E-state index in [1.165, 1.54) is 17.7 Å². The van der Waals surface area contributed by atoms with Crippen molar-refractivity contribution in [2.24, 2.45) is 5.10 Å². The van der Waals surface area contributed by atoms with Crippen molar-refractivity contribution < 1.29 is 4.92 Å². The predicted molar refractivity (Wildman–Crippen MR) is 111 cm³/mol. The number of hydrazone groups is 1. The molecule has 0 aromatic heterocycles. The number of rotatable bonds is 4. The van der Waals surface area contributed by atoms with E-state index in [-0.39, 0.29) is 11.2 Å². The van der Waals surface area contributed by atoms with Crippen LogP contribution in [0.2, 0.25) is 5.02 Å². The Bertz CT molecular complexity index is 894. The third-order valence-corrected chi connectivity index (χ3v) is 5.55. The first-order valence-electron chi connectivity index (χ1n) is 8.80. The number of fused-ring (bicyclic) bond motifs is 1. The Labute approximate surface area is 164 Å². The minimum absolute atomic E-state index is 0.0447. The van der Waals surface area contributed by atoms with E-state index in [1.807, 2.05) is 6.07 Å². The van der Waals surface area contributed by atoms with Crippen LogP contribution in [-0.2, 0) is 0 Å². The van der Waals surface area contributed by atoms with E-state index in [0.29, 0.717) is 16.6 Å². The molecule has 27 heavy (non-hydrogen) atoms. The molecule has 2 aromatic carbocycles. The van der Waals surface area contributed by atoms with Crippen LogP contribution in [-0.4, -0.2) is 23.7 Å². The summed E-state index contributed by atoms with van der Waals surface area (Å²) in [4.78, 5) is 12.5. The number of benzene rings is 2. The van der Waals surface area contributed by atoms with E-state index in [4.69, 9.17) is 11.6 Å². The smallest absolute Gasteiger partial charge is 0.269 e. The number of hydrogen-bond donors (Lipinski definition) is 1. The lowest BCUT2D eigenvalue weighted by Gasteiger charge is -2.45. The van der Waals surface area contributed by atoms with Crippen LogP contribution in [0.15, 0.2) is 41.5 Å². The Balaban J connectivity index is 1.81. The van der Waals surface area contributed by atoms with Crippen LogP contribution in [0.5, 0.6) is 0 Å². The van der Waals surface area contributed by atoms with Crippen molar-refractivity contribution >= 4 is 34.9 Å². The van der Waals surface area contributed by atoms with E-state index in [2.05, 4.69) is 49.3 Å². The highest BCUT2D eigenvalue weighted by Crippen LogP contribution is 2.44. The maximum absolute atomic E-state index is 10.7. The van der Waals surface area contributed by atoms with Gasteiger partial charge in [-0.25, -0.2) is 0 Å². The SMILES string of the molecule is C[C@H]1CC(C)(C)N(C)c2cc(Cl)c(/C=N\Nc3ccc([N+](=O)[O-])cc3)cc21. The summed E-state index contributed by atoms with van der Waals surface area (Å²) >= 11 is 6.48. The van der Waals surface area contributed by atoms with Gasteiger partial charge in [0.15, 0.2) is 0 Å². The fraction of sp³-hybridized carbons (Fsp3) is 0.350. The molecule has 0 fully saturated rings. The fourth-order valence-electron chi connectivity index (χ4n) is 3.54. The van der Waals surface area contributed by atoms with Gasteiger partial charge >= 0.3 is 0 Å². The van der Waals surface area contributed by atoms with Gasteiger partial charge in [0.2, 0.25) is 0 Å². The second kappa shape index (κ2) is 7.19. The molecule has 6 nitrogen and oxygen atoms in total. The highest BCUT2D eigenvalue weighted by molar-refractivity contribution is 6.33. The molecule has 0 saturated heterocycles. The van der Waals surface area contributed by atoms with Crippen molar-refractivity contribution in [1.82, 2.24) is 0 Å². The maximum atomic E-state index is 10.7. The summed E-state index contributed by atoms with van der Waals surface area (Å²) in [6, 6.07) is 10.2. The summed E-state index contributed by atoms with van der Waals surface area (Å²) in [5.41, 5.74) is 6.93. The monoisotopic (exact) mass is 386 g/mol. The number of non-ortho nitro benzene ring substituents is 1.